The predicted molar refractivity (Wildman–Crippen MR) is 91.7 cm³/mol. The largest absolute Gasteiger partial charge is 0.497 e. The molecule has 0 heterocycles. The van der Waals surface area contributed by atoms with Crippen LogP contribution in [0.4, 0.5) is 0 Å². The average molecular weight is 307 g/mol. The third kappa shape index (κ3) is 8.39. The van der Waals surface area contributed by atoms with Crippen LogP contribution >= 0.6 is 0 Å². The van der Waals surface area contributed by atoms with Crippen molar-refractivity contribution >= 4 is 5.96 Å². The fourth-order valence-corrected chi connectivity index (χ4v) is 1.95. The molecule has 0 unspecified atom stereocenters. The van der Waals surface area contributed by atoms with E-state index < -0.39 is 0 Å². The summed E-state index contributed by atoms with van der Waals surface area (Å²) in [6.07, 6.45) is 5.75. The standard InChI is InChI=1S/C17H29N3O2/c1-3-4-5-6-12-19-17(18)20-13-7-14-22-16-10-8-15(21-2)9-11-16/h8-11H,3-7,12-14H2,1-2H3,(H3,18,19,20). The third-order valence-electron chi connectivity index (χ3n) is 3.25. The number of hydrogen-bond acceptors (Lipinski definition) is 3. The van der Waals surface area contributed by atoms with E-state index in [-0.39, 0.29) is 0 Å². The summed E-state index contributed by atoms with van der Waals surface area (Å²) in [5.41, 5.74) is 5.80. The van der Waals surface area contributed by atoms with Gasteiger partial charge in [0.2, 0.25) is 0 Å². The first kappa shape index (κ1) is 18.1. The topological polar surface area (TPSA) is 68.9 Å². The minimum atomic E-state index is 0.529. The van der Waals surface area contributed by atoms with Crippen molar-refractivity contribution in [2.75, 3.05) is 26.8 Å². The number of hydrogen-bond donors (Lipinski definition) is 2. The van der Waals surface area contributed by atoms with Gasteiger partial charge in [0.05, 0.1) is 13.7 Å². The van der Waals surface area contributed by atoms with Crippen LogP contribution in [0.2, 0.25) is 0 Å². The van der Waals surface area contributed by atoms with Crippen LogP contribution in [-0.2, 0) is 0 Å². The summed E-state index contributed by atoms with van der Waals surface area (Å²) in [6, 6.07) is 7.56. The van der Waals surface area contributed by atoms with Gasteiger partial charge in [-0.1, -0.05) is 26.2 Å². The molecule has 0 saturated carbocycles. The Hall–Kier alpha value is -1.91. The third-order valence-corrected chi connectivity index (χ3v) is 3.25. The molecule has 1 aromatic rings. The van der Waals surface area contributed by atoms with E-state index in [1.165, 1.54) is 19.3 Å². The maximum absolute atomic E-state index is 5.80. The predicted octanol–water partition coefficient (Wildman–Crippen LogP) is 2.95. The molecular formula is C17H29N3O2. The van der Waals surface area contributed by atoms with E-state index in [1.807, 2.05) is 24.3 Å². The zero-order chi connectivity index (χ0) is 16.0. The molecule has 0 aromatic heterocycles. The molecular weight excluding hydrogens is 278 g/mol. The van der Waals surface area contributed by atoms with E-state index in [1.54, 1.807) is 7.11 Å². The fraction of sp³-hybridized carbons (Fsp3) is 0.588. The number of nitrogens with two attached hydrogens (primary N) is 1. The van der Waals surface area contributed by atoms with Crippen LogP contribution in [0, 0.1) is 0 Å². The van der Waals surface area contributed by atoms with Crippen molar-refractivity contribution in [2.24, 2.45) is 10.7 Å². The minimum absolute atomic E-state index is 0.529. The molecule has 124 valence electrons. The number of aliphatic imine (C=N–C) groups is 1. The molecule has 0 saturated heterocycles. The summed E-state index contributed by atoms with van der Waals surface area (Å²) in [5.74, 6) is 2.20. The normalized spacial score (nSPS) is 11.3. The highest BCUT2D eigenvalue weighted by molar-refractivity contribution is 5.77. The van der Waals surface area contributed by atoms with Gasteiger partial charge in [-0.25, -0.2) is 0 Å². The van der Waals surface area contributed by atoms with Gasteiger partial charge in [0.1, 0.15) is 11.5 Å². The van der Waals surface area contributed by atoms with Gasteiger partial charge in [-0.2, -0.15) is 0 Å². The summed E-state index contributed by atoms with van der Waals surface area (Å²) in [4.78, 5) is 4.28. The number of benzene rings is 1. The van der Waals surface area contributed by atoms with Gasteiger partial charge in [-0.05, 0) is 30.7 Å². The average Bonchev–Trinajstić information content (AvgIpc) is 2.55. The molecule has 1 aromatic carbocycles. The number of rotatable bonds is 11. The summed E-state index contributed by atoms with van der Waals surface area (Å²) in [6.45, 7) is 4.40. The number of ether oxygens (including phenoxy) is 2. The lowest BCUT2D eigenvalue weighted by atomic mass is 10.2. The fourth-order valence-electron chi connectivity index (χ4n) is 1.95. The maximum atomic E-state index is 5.80. The van der Waals surface area contributed by atoms with Gasteiger partial charge in [0.25, 0.3) is 0 Å². The molecule has 0 aliphatic rings. The van der Waals surface area contributed by atoms with Gasteiger partial charge in [-0.3, -0.25) is 4.99 Å². The van der Waals surface area contributed by atoms with Gasteiger partial charge in [0.15, 0.2) is 5.96 Å². The van der Waals surface area contributed by atoms with E-state index in [0.717, 1.165) is 30.9 Å². The smallest absolute Gasteiger partial charge is 0.188 e. The molecule has 0 amide bonds. The van der Waals surface area contributed by atoms with E-state index in [4.69, 9.17) is 15.2 Å². The molecule has 0 aliphatic carbocycles. The van der Waals surface area contributed by atoms with Crippen LogP contribution in [0.3, 0.4) is 0 Å². The molecule has 0 spiro atoms. The lowest BCUT2D eigenvalue weighted by Gasteiger charge is -2.07. The first-order valence-electron chi connectivity index (χ1n) is 8.07. The molecule has 0 fully saturated rings. The molecule has 0 radical (unpaired) electrons. The second-order valence-corrected chi connectivity index (χ2v) is 5.13. The van der Waals surface area contributed by atoms with Gasteiger partial charge < -0.3 is 20.5 Å². The minimum Gasteiger partial charge on any atom is -0.497 e. The molecule has 1 rings (SSSR count). The Kier molecular flexibility index (Phi) is 9.66. The monoisotopic (exact) mass is 307 g/mol. The summed E-state index contributed by atoms with van der Waals surface area (Å²) in [5, 5.41) is 3.14. The van der Waals surface area contributed by atoms with Crippen molar-refractivity contribution in [3.63, 3.8) is 0 Å². The number of nitrogens with one attached hydrogen (secondary N) is 1. The van der Waals surface area contributed by atoms with Crippen LogP contribution < -0.4 is 20.5 Å². The van der Waals surface area contributed by atoms with Crippen molar-refractivity contribution in [2.45, 2.75) is 39.0 Å². The molecule has 5 nitrogen and oxygen atoms in total. The highest BCUT2D eigenvalue weighted by Gasteiger charge is 1.96. The zero-order valence-electron chi connectivity index (χ0n) is 13.8. The quantitative estimate of drug-likeness (QED) is 0.375. The molecule has 5 heteroatoms. The van der Waals surface area contributed by atoms with Gasteiger partial charge in [0, 0.05) is 19.5 Å². The van der Waals surface area contributed by atoms with Crippen molar-refractivity contribution in [3.05, 3.63) is 24.3 Å². The van der Waals surface area contributed by atoms with Crippen LogP contribution in [0.5, 0.6) is 11.5 Å². The lowest BCUT2D eigenvalue weighted by molar-refractivity contribution is 0.312. The second-order valence-electron chi connectivity index (χ2n) is 5.13. The summed E-state index contributed by atoms with van der Waals surface area (Å²) >= 11 is 0. The van der Waals surface area contributed by atoms with Crippen molar-refractivity contribution in [1.82, 2.24) is 5.32 Å². The Morgan fingerprint density at radius 1 is 1.09 bits per heavy atom. The highest BCUT2D eigenvalue weighted by Crippen LogP contribution is 2.16. The lowest BCUT2D eigenvalue weighted by Crippen LogP contribution is -2.32. The Bertz CT molecular complexity index is 418. The van der Waals surface area contributed by atoms with Gasteiger partial charge in [-0.15, -0.1) is 0 Å². The molecule has 0 aliphatic heterocycles. The van der Waals surface area contributed by atoms with E-state index in [2.05, 4.69) is 17.2 Å². The first-order chi connectivity index (χ1) is 10.8. The maximum Gasteiger partial charge on any atom is 0.188 e. The van der Waals surface area contributed by atoms with Crippen LogP contribution in [0.25, 0.3) is 0 Å². The Morgan fingerprint density at radius 3 is 2.50 bits per heavy atom. The molecule has 0 bridgehead atoms. The Labute approximate surface area is 133 Å². The Balaban J connectivity index is 2.06. The van der Waals surface area contributed by atoms with Crippen LogP contribution in [0.15, 0.2) is 29.3 Å². The van der Waals surface area contributed by atoms with E-state index >= 15 is 0 Å². The summed E-state index contributed by atoms with van der Waals surface area (Å²) < 4.78 is 10.7. The van der Waals surface area contributed by atoms with Crippen LogP contribution in [-0.4, -0.2) is 32.8 Å². The number of guanidine groups is 1. The molecule has 22 heavy (non-hydrogen) atoms. The van der Waals surface area contributed by atoms with Crippen LogP contribution in [0.1, 0.15) is 39.0 Å². The molecule has 3 N–H and O–H groups in total. The van der Waals surface area contributed by atoms with Crippen molar-refractivity contribution in [3.8, 4) is 11.5 Å². The number of unbranched alkanes of at least 4 members (excludes halogenated alkanes) is 3. The van der Waals surface area contributed by atoms with E-state index in [0.29, 0.717) is 19.1 Å². The Morgan fingerprint density at radius 2 is 1.82 bits per heavy atom. The molecule has 0 atom stereocenters. The van der Waals surface area contributed by atoms with Crippen molar-refractivity contribution in [1.29, 1.82) is 0 Å². The van der Waals surface area contributed by atoms with Crippen molar-refractivity contribution < 1.29 is 9.47 Å². The SMILES string of the molecule is CCCCCCNC(N)=NCCCOc1ccc(OC)cc1. The van der Waals surface area contributed by atoms with E-state index in [9.17, 15) is 0 Å². The number of methoxy groups -OCH3 is 1. The highest BCUT2D eigenvalue weighted by atomic mass is 16.5. The van der Waals surface area contributed by atoms with Gasteiger partial charge >= 0.3 is 0 Å². The summed E-state index contributed by atoms with van der Waals surface area (Å²) in [7, 11) is 1.65. The zero-order valence-corrected chi connectivity index (χ0v) is 13.8. The number of nitrogens with zero attached hydrogens (tertiary/aromatic N) is 1. The second kappa shape index (κ2) is 11.7. The first-order valence-corrected chi connectivity index (χ1v) is 8.07.